The molecule has 0 aliphatic rings. The van der Waals surface area contributed by atoms with E-state index in [4.69, 9.17) is 16.3 Å². The zero-order valence-electron chi connectivity index (χ0n) is 17.7. The van der Waals surface area contributed by atoms with Crippen molar-refractivity contribution in [2.24, 2.45) is 0 Å². The number of benzene rings is 3. The van der Waals surface area contributed by atoms with Gasteiger partial charge in [-0.2, -0.15) is 9.67 Å². The number of carbonyl (C=O) groups is 1. The lowest BCUT2D eigenvalue weighted by Crippen LogP contribution is -2.17. The zero-order valence-corrected chi connectivity index (χ0v) is 18.4. The summed E-state index contributed by atoms with van der Waals surface area (Å²) >= 11 is 5.97. The van der Waals surface area contributed by atoms with E-state index in [0.717, 1.165) is 22.4 Å². The van der Waals surface area contributed by atoms with E-state index in [1.165, 1.54) is 4.68 Å². The average molecular weight is 447 g/mol. The lowest BCUT2D eigenvalue weighted by atomic mass is 10.1. The Hall–Kier alpha value is -3.64. The predicted octanol–water partition coefficient (Wildman–Crippen LogP) is 5.49. The van der Waals surface area contributed by atoms with Crippen molar-refractivity contribution >= 4 is 23.5 Å². The Balaban J connectivity index is 1.57. The molecule has 0 atom stereocenters. The van der Waals surface area contributed by atoms with E-state index in [2.05, 4.69) is 15.4 Å². The number of anilines is 1. The minimum Gasteiger partial charge on any atom is -0.497 e. The van der Waals surface area contributed by atoms with Gasteiger partial charge in [0.25, 0.3) is 0 Å². The minimum atomic E-state index is -0.125. The third kappa shape index (κ3) is 5.34. The molecule has 6 nitrogen and oxygen atoms in total. The van der Waals surface area contributed by atoms with Crippen molar-refractivity contribution in [3.05, 3.63) is 95.0 Å². The van der Waals surface area contributed by atoms with Gasteiger partial charge in [-0.05, 0) is 53.9 Å². The molecule has 1 N–H and O–H groups in total. The molecule has 0 aliphatic heterocycles. The lowest BCUT2D eigenvalue weighted by molar-refractivity contribution is 0.0890. The summed E-state index contributed by atoms with van der Waals surface area (Å²) in [7, 11) is 1.62. The van der Waals surface area contributed by atoms with Crippen molar-refractivity contribution in [2.45, 2.75) is 19.4 Å². The number of ether oxygens (including phenoxy) is 1. The summed E-state index contributed by atoms with van der Waals surface area (Å²) in [4.78, 5) is 17.6. The highest BCUT2D eigenvalue weighted by molar-refractivity contribution is 6.30. The fourth-order valence-electron chi connectivity index (χ4n) is 3.25. The minimum absolute atomic E-state index is 0.125. The van der Waals surface area contributed by atoms with Gasteiger partial charge >= 0.3 is 0 Å². The lowest BCUT2D eigenvalue weighted by Gasteiger charge is -2.07. The van der Waals surface area contributed by atoms with Gasteiger partial charge in [-0.3, -0.25) is 4.79 Å². The summed E-state index contributed by atoms with van der Waals surface area (Å²) in [5.41, 5.74) is 2.92. The van der Waals surface area contributed by atoms with E-state index in [-0.39, 0.29) is 5.91 Å². The summed E-state index contributed by atoms with van der Waals surface area (Å²) in [5.74, 6) is 1.50. The van der Waals surface area contributed by atoms with Crippen molar-refractivity contribution in [3.8, 4) is 17.1 Å². The standard InChI is InChI=1S/C25H23ClN4O2/c1-32-22-14-10-20(11-15-22)24-28-25(27-17-19-7-12-21(26)13-8-19)30(29-24)23(31)16-9-18-5-3-2-4-6-18/h2-8,10-15H,9,16-17H2,1H3,(H,27,28,29). The van der Waals surface area contributed by atoms with Crippen LogP contribution in [0.3, 0.4) is 0 Å². The Bertz CT molecular complexity index is 1170. The van der Waals surface area contributed by atoms with Crippen molar-refractivity contribution in [1.82, 2.24) is 14.8 Å². The number of hydrogen-bond acceptors (Lipinski definition) is 5. The van der Waals surface area contributed by atoms with Crippen LogP contribution >= 0.6 is 11.6 Å². The SMILES string of the molecule is COc1ccc(-c2nc(NCc3ccc(Cl)cc3)n(C(=O)CCc3ccccc3)n2)cc1. The first kappa shape index (κ1) is 21.6. The van der Waals surface area contributed by atoms with Crippen molar-refractivity contribution in [1.29, 1.82) is 0 Å². The van der Waals surface area contributed by atoms with E-state index in [1.54, 1.807) is 7.11 Å². The van der Waals surface area contributed by atoms with E-state index >= 15 is 0 Å². The Morgan fingerprint density at radius 1 is 0.969 bits per heavy atom. The van der Waals surface area contributed by atoms with E-state index in [0.29, 0.717) is 36.2 Å². The van der Waals surface area contributed by atoms with Gasteiger partial charge < -0.3 is 10.1 Å². The monoisotopic (exact) mass is 446 g/mol. The summed E-state index contributed by atoms with van der Waals surface area (Å²) < 4.78 is 6.58. The number of methoxy groups -OCH3 is 1. The van der Waals surface area contributed by atoms with Crippen LogP contribution < -0.4 is 10.1 Å². The molecule has 0 saturated carbocycles. The van der Waals surface area contributed by atoms with E-state index < -0.39 is 0 Å². The van der Waals surface area contributed by atoms with Gasteiger partial charge in [0.15, 0.2) is 5.82 Å². The number of hydrogen-bond donors (Lipinski definition) is 1. The second kappa shape index (κ2) is 10.1. The molecule has 0 saturated heterocycles. The molecule has 0 fully saturated rings. The second-order valence-corrected chi connectivity index (χ2v) is 7.70. The van der Waals surface area contributed by atoms with Crippen LogP contribution in [0.5, 0.6) is 5.75 Å². The second-order valence-electron chi connectivity index (χ2n) is 7.26. The maximum atomic E-state index is 13.0. The predicted molar refractivity (Wildman–Crippen MR) is 126 cm³/mol. The van der Waals surface area contributed by atoms with Crippen LogP contribution in [-0.2, 0) is 13.0 Å². The van der Waals surface area contributed by atoms with Crippen molar-refractivity contribution < 1.29 is 9.53 Å². The largest absolute Gasteiger partial charge is 0.497 e. The van der Waals surface area contributed by atoms with E-state index in [9.17, 15) is 4.79 Å². The first-order valence-electron chi connectivity index (χ1n) is 10.3. The smallest absolute Gasteiger partial charge is 0.250 e. The molecule has 0 aliphatic carbocycles. The molecular formula is C25H23ClN4O2. The Labute approximate surface area is 191 Å². The Kier molecular flexibility index (Phi) is 6.82. The highest BCUT2D eigenvalue weighted by Crippen LogP contribution is 2.22. The fourth-order valence-corrected chi connectivity index (χ4v) is 3.37. The highest BCUT2D eigenvalue weighted by Gasteiger charge is 2.17. The third-order valence-electron chi connectivity index (χ3n) is 5.03. The number of aromatic nitrogens is 3. The third-order valence-corrected chi connectivity index (χ3v) is 5.28. The van der Waals surface area contributed by atoms with Crippen LogP contribution in [0.2, 0.25) is 5.02 Å². The first-order valence-corrected chi connectivity index (χ1v) is 10.7. The molecule has 4 aromatic rings. The quantitative estimate of drug-likeness (QED) is 0.387. The topological polar surface area (TPSA) is 69.0 Å². The summed E-state index contributed by atoms with van der Waals surface area (Å²) in [6, 6.07) is 24.9. The molecule has 4 rings (SSSR count). The zero-order chi connectivity index (χ0) is 22.3. The van der Waals surface area contributed by atoms with Crippen molar-refractivity contribution in [2.75, 3.05) is 12.4 Å². The number of aryl methyl sites for hydroxylation is 1. The Morgan fingerprint density at radius 3 is 2.38 bits per heavy atom. The Morgan fingerprint density at radius 2 is 1.69 bits per heavy atom. The van der Waals surface area contributed by atoms with Gasteiger partial charge in [0.2, 0.25) is 11.9 Å². The van der Waals surface area contributed by atoms with Gasteiger partial charge in [-0.15, -0.1) is 5.10 Å². The van der Waals surface area contributed by atoms with Crippen LogP contribution in [0.1, 0.15) is 22.3 Å². The molecule has 32 heavy (non-hydrogen) atoms. The molecule has 7 heteroatoms. The van der Waals surface area contributed by atoms with E-state index in [1.807, 2.05) is 78.9 Å². The summed E-state index contributed by atoms with van der Waals surface area (Å²) in [6.45, 7) is 0.490. The molecule has 1 aromatic heterocycles. The normalized spacial score (nSPS) is 10.7. The molecular weight excluding hydrogens is 424 g/mol. The van der Waals surface area contributed by atoms with Crippen LogP contribution in [0, 0.1) is 0 Å². The molecule has 162 valence electrons. The maximum Gasteiger partial charge on any atom is 0.250 e. The van der Waals surface area contributed by atoms with Gasteiger partial charge in [0, 0.05) is 23.6 Å². The highest BCUT2D eigenvalue weighted by atomic mass is 35.5. The molecule has 0 amide bonds. The maximum absolute atomic E-state index is 13.0. The van der Waals surface area contributed by atoms with Gasteiger partial charge in [0.1, 0.15) is 5.75 Å². The van der Waals surface area contributed by atoms with Gasteiger partial charge in [-0.25, -0.2) is 0 Å². The average Bonchev–Trinajstić information content (AvgIpc) is 3.27. The molecule has 0 radical (unpaired) electrons. The molecule has 0 spiro atoms. The molecule has 0 bridgehead atoms. The van der Waals surface area contributed by atoms with Crippen molar-refractivity contribution in [3.63, 3.8) is 0 Å². The van der Waals surface area contributed by atoms with Crippen LogP contribution in [-0.4, -0.2) is 27.8 Å². The summed E-state index contributed by atoms with van der Waals surface area (Å²) in [5, 5.41) is 8.42. The van der Waals surface area contributed by atoms with Gasteiger partial charge in [-0.1, -0.05) is 54.1 Å². The van der Waals surface area contributed by atoms with Crippen LogP contribution in [0.15, 0.2) is 78.9 Å². The summed E-state index contributed by atoms with van der Waals surface area (Å²) in [6.07, 6.45) is 0.957. The molecule has 0 unspecified atom stereocenters. The van der Waals surface area contributed by atoms with Gasteiger partial charge in [0.05, 0.1) is 7.11 Å². The molecule has 1 heterocycles. The number of nitrogens with zero attached hydrogens (tertiary/aromatic N) is 3. The number of halogens is 1. The number of rotatable bonds is 8. The number of nitrogens with one attached hydrogen (secondary N) is 1. The van der Waals surface area contributed by atoms with Crippen LogP contribution in [0.4, 0.5) is 5.95 Å². The number of carbonyl (C=O) groups excluding carboxylic acids is 1. The first-order chi connectivity index (χ1) is 15.6. The van der Waals surface area contributed by atoms with Crippen LogP contribution in [0.25, 0.3) is 11.4 Å². The molecule has 3 aromatic carbocycles. The fraction of sp³-hybridized carbons (Fsp3) is 0.160.